The molecular weight excluding hydrogens is 255 g/mol. The molecule has 0 heterocycles. The molecule has 0 aromatic rings. The van der Waals surface area contributed by atoms with Crippen LogP contribution in [0.5, 0.6) is 0 Å². The van der Waals surface area contributed by atoms with E-state index in [9.17, 15) is 13.2 Å². The van der Waals surface area contributed by atoms with Gasteiger partial charge in [-0.2, -0.15) is 13.2 Å². The summed E-state index contributed by atoms with van der Waals surface area (Å²) in [5.74, 6) is 0. The van der Waals surface area contributed by atoms with E-state index in [2.05, 4.69) is 19.2 Å². The molecule has 0 spiro atoms. The highest BCUT2D eigenvalue weighted by molar-refractivity contribution is 4.90. The second-order valence-corrected chi connectivity index (χ2v) is 6.33. The van der Waals surface area contributed by atoms with Gasteiger partial charge in [0.05, 0.1) is 6.10 Å². The van der Waals surface area contributed by atoms with Crippen LogP contribution in [-0.2, 0) is 4.74 Å². The molecule has 1 N–H and O–H groups in total. The molecular formula is C14H26F3NO. The van der Waals surface area contributed by atoms with Crippen LogP contribution in [0.25, 0.3) is 0 Å². The number of rotatable bonds is 5. The first-order valence-electron chi connectivity index (χ1n) is 7.11. The van der Waals surface area contributed by atoms with Gasteiger partial charge in [-0.15, -0.1) is 0 Å². The second kappa shape index (κ2) is 6.44. The first kappa shape index (κ1) is 16.8. The van der Waals surface area contributed by atoms with E-state index in [1.165, 1.54) is 0 Å². The van der Waals surface area contributed by atoms with Crippen molar-refractivity contribution in [3.63, 3.8) is 0 Å². The number of hydrogen-bond acceptors (Lipinski definition) is 2. The van der Waals surface area contributed by atoms with E-state index in [0.29, 0.717) is 6.42 Å². The Balaban J connectivity index is 2.65. The zero-order valence-electron chi connectivity index (χ0n) is 12.3. The Morgan fingerprint density at radius 2 is 2.00 bits per heavy atom. The minimum Gasteiger partial charge on any atom is -0.364 e. The average molecular weight is 281 g/mol. The fourth-order valence-electron chi connectivity index (χ4n) is 2.57. The van der Waals surface area contributed by atoms with Gasteiger partial charge >= 0.3 is 6.18 Å². The second-order valence-electron chi connectivity index (χ2n) is 6.33. The Kier molecular flexibility index (Phi) is 5.68. The molecule has 0 aliphatic heterocycles. The van der Waals surface area contributed by atoms with Crippen LogP contribution in [0.15, 0.2) is 0 Å². The summed E-state index contributed by atoms with van der Waals surface area (Å²) in [5.41, 5.74) is 0.0559. The van der Waals surface area contributed by atoms with Gasteiger partial charge in [0.1, 0.15) is 0 Å². The summed E-state index contributed by atoms with van der Waals surface area (Å²) >= 11 is 0. The molecule has 0 aromatic carbocycles. The molecule has 0 bridgehead atoms. The molecule has 19 heavy (non-hydrogen) atoms. The standard InChI is InChI=1S/C14H26F3NO/c1-5-8-18-11-6-7-13(3,4)9-12(11)19-10(2)14(15,16)17/h10-12,18H,5-9H2,1-4H3. The van der Waals surface area contributed by atoms with Crippen LogP contribution in [0.1, 0.15) is 53.4 Å². The lowest BCUT2D eigenvalue weighted by Crippen LogP contribution is -2.50. The summed E-state index contributed by atoms with van der Waals surface area (Å²) in [6.07, 6.45) is -2.78. The number of hydrogen-bond donors (Lipinski definition) is 1. The monoisotopic (exact) mass is 281 g/mol. The van der Waals surface area contributed by atoms with E-state index in [1.807, 2.05) is 6.92 Å². The molecule has 0 amide bonds. The van der Waals surface area contributed by atoms with Crippen LogP contribution in [-0.4, -0.2) is 31.0 Å². The maximum absolute atomic E-state index is 12.6. The number of nitrogens with one attached hydrogen (secondary N) is 1. The predicted molar refractivity (Wildman–Crippen MR) is 70.1 cm³/mol. The Labute approximate surface area is 114 Å². The summed E-state index contributed by atoms with van der Waals surface area (Å²) in [7, 11) is 0. The van der Waals surface area contributed by atoms with Crippen molar-refractivity contribution < 1.29 is 17.9 Å². The molecule has 114 valence electrons. The maximum atomic E-state index is 12.6. The Morgan fingerprint density at radius 1 is 1.37 bits per heavy atom. The lowest BCUT2D eigenvalue weighted by molar-refractivity contribution is -0.235. The van der Waals surface area contributed by atoms with Gasteiger partial charge in [0.15, 0.2) is 6.10 Å². The third-order valence-electron chi connectivity index (χ3n) is 3.83. The van der Waals surface area contributed by atoms with E-state index < -0.39 is 12.3 Å². The third-order valence-corrected chi connectivity index (χ3v) is 3.83. The SMILES string of the molecule is CCCNC1CCC(C)(C)CC1OC(C)C(F)(F)F. The first-order chi connectivity index (χ1) is 8.65. The summed E-state index contributed by atoms with van der Waals surface area (Å²) in [4.78, 5) is 0. The van der Waals surface area contributed by atoms with Gasteiger partial charge in [0.25, 0.3) is 0 Å². The van der Waals surface area contributed by atoms with Crippen molar-refractivity contribution in [2.24, 2.45) is 5.41 Å². The van der Waals surface area contributed by atoms with Crippen LogP contribution in [0.2, 0.25) is 0 Å². The van der Waals surface area contributed by atoms with E-state index in [1.54, 1.807) is 0 Å². The smallest absolute Gasteiger partial charge is 0.364 e. The number of halogens is 3. The molecule has 3 unspecified atom stereocenters. The van der Waals surface area contributed by atoms with Crippen LogP contribution in [0, 0.1) is 5.41 Å². The van der Waals surface area contributed by atoms with Gasteiger partial charge in [-0.05, 0) is 44.6 Å². The molecule has 0 aromatic heterocycles. The fourth-order valence-corrected chi connectivity index (χ4v) is 2.57. The van der Waals surface area contributed by atoms with Crippen LogP contribution in [0.3, 0.4) is 0 Å². The van der Waals surface area contributed by atoms with E-state index >= 15 is 0 Å². The summed E-state index contributed by atoms with van der Waals surface area (Å²) < 4.78 is 43.2. The highest BCUT2D eigenvalue weighted by Gasteiger charge is 2.42. The molecule has 1 saturated carbocycles. The minimum atomic E-state index is -4.28. The van der Waals surface area contributed by atoms with Gasteiger partial charge < -0.3 is 10.1 Å². The summed E-state index contributed by atoms with van der Waals surface area (Å²) in [6, 6.07) is 0.0396. The normalized spacial score (nSPS) is 29.2. The largest absolute Gasteiger partial charge is 0.414 e. The maximum Gasteiger partial charge on any atom is 0.414 e. The summed E-state index contributed by atoms with van der Waals surface area (Å²) in [5, 5.41) is 3.32. The van der Waals surface area contributed by atoms with Gasteiger partial charge in [0.2, 0.25) is 0 Å². The van der Waals surface area contributed by atoms with Crippen molar-refractivity contribution in [3.05, 3.63) is 0 Å². The molecule has 0 saturated heterocycles. The third kappa shape index (κ3) is 5.30. The van der Waals surface area contributed by atoms with Gasteiger partial charge in [-0.25, -0.2) is 0 Å². The number of ether oxygens (including phenoxy) is 1. The first-order valence-corrected chi connectivity index (χ1v) is 7.11. The molecule has 2 nitrogen and oxygen atoms in total. The molecule has 5 heteroatoms. The quantitative estimate of drug-likeness (QED) is 0.825. The van der Waals surface area contributed by atoms with Gasteiger partial charge in [0, 0.05) is 6.04 Å². The lowest BCUT2D eigenvalue weighted by atomic mass is 9.74. The van der Waals surface area contributed by atoms with Crippen LogP contribution >= 0.6 is 0 Å². The van der Waals surface area contributed by atoms with Crippen molar-refractivity contribution in [2.75, 3.05) is 6.54 Å². The Hall–Kier alpha value is -0.290. The lowest BCUT2D eigenvalue weighted by Gasteiger charge is -2.42. The van der Waals surface area contributed by atoms with Crippen molar-refractivity contribution in [2.45, 2.75) is 77.8 Å². The number of alkyl halides is 3. The highest BCUT2D eigenvalue weighted by atomic mass is 19.4. The molecule has 1 fully saturated rings. The summed E-state index contributed by atoms with van der Waals surface area (Å²) in [6.45, 7) is 8.16. The van der Waals surface area contributed by atoms with E-state index in [-0.39, 0.29) is 17.6 Å². The van der Waals surface area contributed by atoms with Crippen molar-refractivity contribution in [1.82, 2.24) is 5.32 Å². The molecule has 0 radical (unpaired) electrons. The average Bonchev–Trinajstić information content (AvgIpc) is 2.26. The van der Waals surface area contributed by atoms with Crippen molar-refractivity contribution >= 4 is 0 Å². The van der Waals surface area contributed by atoms with Crippen LogP contribution < -0.4 is 5.32 Å². The topological polar surface area (TPSA) is 21.3 Å². The van der Waals surface area contributed by atoms with Crippen molar-refractivity contribution in [3.8, 4) is 0 Å². The minimum absolute atomic E-state index is 0.0396. The van der Waals surface area contributed by atoms with Gasteiger partial charge in [-0.1, -0.05) is 20.8 Å². The zero-order valence-corrected chi connectivity index (χ0v) is 12.3. The fraction of sp³-hybridized carbons (Fsp3) is 1.00. The van der Waals surface area contributed by atoms with E-state index in [4.69, 9.17) is 4.74 Å². The molecule has 1 aliphatic rings. The Morgan fingerprint density at radius 3 is 2.53 bits per heavy atom. The molecule has 3 atom stereocenters. The zero-order chi connectivity index (χ0) is 14.7. The molecule has 1 rings (SSSR count). The predicted octanol–water partition coefficient (Wildman–Crippen LogP) is 3.90. The van der Waals surface area contributed by atoms with Crippen LogP contribution in [0.4, 0.5) is 13.2 Å². The van der Waals surface area contributed by atoms with E-state index in [0.717, 1.165) is 32.7 Å². The molecule has 1 aliphatic carbocycles. The Bertz CT molecular complexity index is 278. The van der Waals surface area contributed by atoms with Crippen molar-refractivity contribution in [1.29, 1.82) is 0 Å². The van der Waals surface area contributed by atoms with Gasteiger partial charge in [-0.3, -0.25) is 0 Å². The highest BCUT2D eigenvalue weighted by Crippen LogP contribution is 2.38.